The van der Waals surface area contributed by atoms with Crippen LogP contribution in [0.4, 0.5) is 5.82 Å². The molecule has 1 N–H and O–H groups in total. The Morgan fingerprint density at radius 2 is 1.93 bits per heavy atom. The maximum absolute atomic E-state index is 13.1. The lowest BCUT2D eigenvalue weighted by Gasteiger charge is -2.22. The molecule has 8 nitrogen and oxygen atoms in total. The molecule has 0 atom stereocenters. The molecule has 1 aromatic carbocycles. The molecule has 162 valence electrons. The van der Waals surface area contributed by atoms with E-state index >= 15 is 0 Å². The van der Waals surface area contributed by atoms with E-state index in [0.29, 0.717) is 29.4 Å². The van der Waals surface area contributed by atoms with Crippen LogP contribution in [-0.4, -0.2) is 46.4 Å². The monoisotopic (exact) mass is 414 g/mol. The second kappa shape index (κ2) is 8.77. The first-order valence-electron chi connectivity index (χ1n) is 10.2. The molecular weight excluding hydrogens is 384 g/mol. The molecule has 0 aliphatic carbocycles. The molecule has 3 rings (SSSR count). The lowest BCUT2D eigenvalue weighted by atomic mass is 9.92. The molecule has 1 aromatic heterocycles. The first-order chi connectivity index (χ1) is 14.2. The molecule has 0 fully saturated rings. The number of hydrogen-bond donors (Lipinski definition) is 1. The van der Waals surface area contributed by atoms with Crippen LogP contribution < -0.4 is 14.8 Å². The Hall–Kier alpha value is -3.03. The fourth-order valence-electron chi connectivity index (χ4n) is 3.12. The minimum Gasteiger partial charge on any atom is -0.454 e. The fraction of sp³-hybridized carbons (Fsp3) is 0.500. The number of benzene rings is 1. The highest BCUT2D eigenvalue weighted by atomic mass is 16.7. The molecule has 0 unspecified atom stereocenters. The summed E-state index contributed by atoms with van der Waals surface area (Å²) in [6.07, 6.45) is 1.73. The van der Waals surface area contributed by atoms with Crippen molar-refractivity contribution in [3.63, 3.8) is 0 Å². The van der Waals surface area contributed by atoms with Crippen LogP contribution in [0.2, 0.25) is 0 Å². The maximum Gasteiger partial charge on any atom is 0.254 e. The highest BCUT2D eigenvalue weighted by molar-refractivity contribution is 5.99. The molecular formula is C22H30N4O4. The van der Waals surface area contributed by atoms with Gasteiger partial charge in [0.2, 0.25) is 12.7 Å². The summed E-state index contributed by atoms with van der Waals surface area (Å²) >= 11 is 0. The van der Waals surface area contributed by atoms with E-state index in [0.717, 1.165) is 18.5 Å². The lowest BCUT2D eigenvalue weighted by Crippen LogP contribution is -2.38. The Morgan fingerprint density at radius 3 is 2.60 bits per heavy atom. The molecule has 8 heteroatoms. The number of rotatable bonds is 7. The number of nitrogens with one attached hydrogen (secondary N) is 1. The Labute approximate surface area is 177 Å². The van der Waals surface area contributed by atoms with Crippen molar-refractivity contribution in [3.8, 4) is 11.5 Å². The maximum atomic E-state index is 13.1. The Balaban J connectivity index is 1.72. The highest BCUT2D eigenvalue weighted by Gasteiger charge is 2.23. The van der Waals surface area contributed by atoms with Crippen molar-refractivity contribution in [1.82, 2.24) is 14.7 Å². The van der Waals surface area contributed by atoms with E-state index in [1.165, 1.54) is 0 Å². The smallest absolute Gasteiger partial charge is 0.254 e. The van der Waals surface area contributed by atoms with Crippen molar-refractivity contribution < 1.29 is 19.1 Å². The normalized spacial score (nSPS) is 12.7. The third-order valence-corrected chi connectivity index (χ3v) is 4.94. The molecule has 0 saturated carbocycles. The van der Waals surface area contributed by atoms with Gasteiger partial charge in [-0.15, -0.1) is 0 Å². The number of fused-ring (bicyclic) bond motifs is 1. The van der Waals surface area contributed by atoms with Gasteiger partial charge in [0.05, 0.1) is 5.69 Å². The van der Waals surface area contributed by atoms with Gasteiger partial charge in [0.25, 0.3) is 5.91 Å². The number of unbranched alkanes of at least 4 members (excludes halogenated alkanes) is 1. The second-order valence-corrected chi connectivity index (χ2v) is 8.48. The Morgan fingerprint density at radius 1 is 1.20 bits per heavy atom. The van der Waals surface area contributed by atoms with E-state index in [-0.39, 0.29) is 30.6 Å². The van der Waals surface area contributed by atoms with E-state index in [1.54, 1.807) is 34.8 Å². The van der Waals surface area contributed by atoms with Crippen LogP contribution in [0.25, 0.3) is 0 Å². The van der Waals surface area contributed by atoms with Gasteiger partial charge in [0.15, 0.2) is 11.5 Å². The van der Waals surface area contributed by atoms with Crippen molar-refractivity contribution in [2.75, 3.05) is 25.2 Å². The van der Waals surface area contributed by atoms with Gasteiger partial charge in [-0.3, -0.25) is 14.3 Å². The van der Waals surface area contributed by atoms with Crippen LogP contribution in [0.5, 0.6) is 11.5 Å². The van der Waals surface area contributed by atoms with Gasteiger partial charge >= 0.3 is 0 Å². The van der Waals surface area contributed by atoms with E-state index in [1.807, 2.05) is 13.0 Å². The number of carbonyl (C=O) groups is 2. The van der Waals surface area contributed by atoms with Crippen LogP contribution in [0.15, 0.2) is 24.3 Å². The third-order valence-electron chi connectivity index (χ3n) is 4.94. The molecule has 0 spiro atoms. The molecule has 2 aromatic rings. The number of aromatic nitrogens is 2. The Kier molecular flexibility index (Phi) is 6.34. The number of anilines is 1. The van der Waals surface area contributed by atoms with Crippen molar-refractivity contribution >= 4 is 17.6 Å². The minimum absolute atomic E-state index is 0.0384. The predicted octanol–water partition coefficient (Wildman–Crippen LogP) is 3.33. The van der Waals surface area contributed by atoms with Gasteiger partial charge in [-0.2, -0.15) is 5.10 Å². The zero-order chi connectivity index (χ0) is 21.9. The van der Waals surface area contributed by atoms with Gasteiger partial charge < -0.3 is 19.7 Å². The second-order valence-electron chi connectivity index (χ2n) is 8.48. The van der Waals surface area contributed by atoms with Crippen molar-refractivity contribution in [2.24, 2.45) is 7.05 Å². The largest absolute Gasteiger partial charge is 0.454 e. The topological polar surface area (TPSA) is 85.7 Å². The van der Waals surface area contributed by atoms with E-state index < -0.39 is 0 Å². The first kappa shape index (κ1) is 21.7. The SMILES string of the molecule is CCCCN(CC(=O)Nc1cc(C(C)(C)C)nn1C)C(=O)c1ccc2c(c1)OCO2. The quantitative estimate of drug-likeness (QED) is 0.751. The van der Waals surface area contributed by atoms with Crippen LogP contribution in [-0.2, 0) is 17.3 Å². The fourth-order valence-corrected chi connectivity index (χ4v) is 3.12. The molecule has 2 amide bonds. The van der Waals surface area contributed by atoms with Gasteiger partial charge in [0, 0.05) is 30.6 Å². The summed E-state index contributed by atoms with van der Waals surface area (Å²) in [5.41, 5.74) is 1.24. The molecule has 0 bridgehead atoms. The summed E-state index contributed by atoms with van der Waals surface area (Å²) in [5.74, 6) is 1.30. The standard InChI is InChI=1S/C22H30N4O4/c1-6-7-10-26(21(28)15-8-9-16-17(11-15)30-14-29-16)13-20(27)23-19-12-18(22(2,3)4)24-25(19)5/h8-9,11-12H,6-7,10,13-14H2,1-5H3,(H,23,27). The molecule has 30 heavy (non-hydrogen) atoms. The zero-order valence-corrected chi connectivity index (χ0v) is 18.3. The summed E-state index contributed by atoms with van der Waals surface area (Å²) < 4.78 is 12.3. The average Bonchev–Trinajstić information content (AvgIpc) is 3.30. The lowest BCUT2D eigenvalue weighted by molar-refractivity contribution is -0.117. The van der Waals surface area contributed by atoms with Crippen LogP contribution in [0.1, 0.15) is 56.6 Å². The number of ether oxygens (including phenoxy) is 2. The number of aryl methyl sites for hydroxylation is 1. The van der Waals surface area contributed by atoms with Gasteiger partial charge in [0.1, 0.15) is 12.4 Å². The minimum atomic E-state index is -0.261. The molecule has 1 aliphatic rings. The van der Waals surface area contributed by atoms with Crippen molar-refractivity contribution in [1.29, 1.82) is 0 Å². The van der Waals surface area contributed by atoms with Crippen molar-refractivity contribution in [3.05, 3.63) is 35.5 Å². The Bertz CT molecular complexity index is 930. The van der Waals surface area contributed by atoms with Gasteiger partial charge in [-0.1, -0.05) is 34.1 Å². The van der Waals surface area contributed by atoms with Crippen molar-refractivity contribution in [2.45, 2.75) is 46.0 Å². The summed E-state index contributed by atoms with van der Waals surface area (Å²) in [6.45, 7) is 8.86. The molecule has 0 radical (unpaired) electrons. The number of carbonyl (C=O) groups excluding carboxylic acids is 2. The highest BCUT2D eigenvalue weighted by Crippen LogP contribution is 2.32. The van der Waals surface area contributed by atoms with Crippen LogP contribution in [0, 0.1) is 0 Å². The summed E-state index contributed by atoms with van der Waals surface area (Å²) in [7, 11) is 1.79. The van der Waals surface area contributed by atoms with Gasteiger partial charge in [-0.05, 0) is 24.6 Å². The summed E-state index contributed by atoms with van der Waals surface area (Å²) in [6, 6.07) is 6.95. The number of amides is 2. The molecule has 0 saturated heterocycles. The predicted molar refractivity (Wildman–Crippen MR) is 114 cm³/mol. The average molecular weight is 415 g/mol. The molecule has 1 aliphatic heterocycles. The third kappa shape index (κ3) is 4.93. The zero-order valence-electron chi connectivity index (χ0n) is 18.3. The van der Waals surface area contributed by atoms with Gasteiger partial charge in [-0.25, -0.2) is 0 Å². The van der Waals surface area contributed by atoms with Crippen LogP contribution >= 0.6 is 0 Å². The van der Waals surface area contributed by atoms with E-state index in [4.69, 9.17) is 9.47 Å². The summed E-state index contributed by atoms with van der Waals surface area (Å²) in [5, 5.41) is 7.36. The van der Waals surface area contributed by atoms with Crippen LogP contribution in [0.3, 0.4) is 0 Å². The number of nitrogens with zero attached hydrogens (tertiary/aromatic N) is 3. The van der Waals surface area contributed by atoms with E-state index in [9.17, 15) is 9.59 Å². The summed E-state index contributed by atoms with van der Waals surface area (Å²) in [4.78, 5) is 27.4. The molecule has 2 heterocycles. The number of hydrogen-bond acceptors (Lipinski definition) is 5. The van der Waals surface area contributed by atoms with E-state index in [2.05, 4.69) is 31.2 Å². The first-order valence-corrected chi connectivity index (χ1v) is 10.2.